The number of ether oxygens (including phenoxy) is 1. The lowest BCUT2D eigenvalue weighted by molar-refractivity contribution is -0.142. The van der Waals surface area contributed by atoms with Gasteiger partial charge in [-0.15, -0.1) is 10.2 Å². The number of carboxylic acids is 1. The molecule has 21 heavy (non-hydrogen) atoms. The molecular formula is C11H17N5O5. The maximum atomic E-state index is 11.6. The van der Waals surface area contributed by atoms with E-state index in [9.17, 15) is 14.4 Å². The molecule has 0 unspecified atom stereocenters. The number of methoxy groups -OCH3 is 1. The van der Waals surface area contributed by atoms with Gasteiger partial charge in [0.2, 0.25) is 0 Å². The molecule has 3 N–H and O–H groups in total. The van der Waals surface area contributed by atoms with Crippen molar-refractivity contribution in [2.75, 3.05) is 7.11 Å². The molecule has 116 valence electrons. The maximum absolute atomic E-state index is 11.6. The summed E-state index contributed by atoms with van der Waals surface area (Å²) in [6.07, 6.45) is 1.32. The van der Waals surface area contributed by atoms with Crippen LogP contribution in [0, 0.1) is 0 Å². The predicted octanol–water partition coefficient (Wildman–Crippen LogP) is -0.979. The molecule has 1 heterocycles. The number of carbonyl (C=O) groups excluding carboxylic acids is 2. The monoisotopic (exact) mass is 299 g/mol. The third kappa shape index (κ3) is 5.47. The molecule has 0 spiro atoms. The summed E-state index contributed by atoms with van der Waals surface area (Å²) in [5.41, 5.74) is 0. The summed E-state index contributed by atoms with van der Waals surface area (Å²) in [5, 5.41) is 21.1. The van der Waals surface area contributed by atoms with Crippen LogP contribution >= 0.6 is 0 Å². The molecule has 10 heteroatoms. The van der Waals surface area contributed by atoms with E-state index in [1.807, 2.05) is 0 Å². The standard InChI is InChI=1S/C11H17N5O5/c1-16-6-13-15-8(16)5-12-11(20)14-7(10(18)19)3-4-9(17)21-2/h6-7H,3-5H2,1-2H3,(H,18,19)(H2,12,14,20)/t7-/m0/s1. The molecule has 0 fully saturated rings. The number of amides is 2. The molecule has 2 amide bonds. The van der Waals surface area contributed by atoms with Crippen LogP contribution in [0.15, 0.2) is 6.33 Å². The fourth-order valence-corrected chi connectivity index (χ4v) is 1.46. The van der Waals surface area contributed by atoms with E-state index in [2.05, 4.69) is 25.6 Å². The Morgan fingerprint density at radius 1 is 1.48 bits per heavy atom. The molecule has 10 nitrogen and oxygen atoms in total. The third-order valence-electron chi connectivity index (χ3n) is 2.68. The van der Waals surface area contributed by atoms with Crippen LogP contribution < -0.4 is 10.6 Å². The van der Waals surface area contributed by atoms with Crippen molar-refractivity contribution in [2.24, 2.45) is 7.05 Å². The lowest BCUT2D eigenvalue weighted by atomic mass is 10.1. The van der Waals surface area contributed by atoms with Gasteiger partial charge in [0.25, 0.3) is 0 Å². The smallest absolute Gasteiger partial charge is 0.326 e. The molecule has 1 aromatic rings. The van der Waals surface area contributed by atoms with Gasteiger partial charge in [0.15, 0.2) is 5.82 Å². The van der Waals surface area contributed by atoms with Crippen LogP contribution in [0.5, 0.6) is 0 Å². The summed E-state index contributed by atoms with van der Waals surface area (Å²) < 4.78 is 6.03. The van der Waals surface area contributed by atoms with Crippen LogP contribution in [0.1, 0.15) is 18.7 Å². The minimum absolute atomic E-state index is 0.0562. The van der Waals surface area contributed by atoms with Crippen LogP contribution in [0.25, 0.3) is 0 Å². The molecule has 0 aliphatic rings. The third-order valence-corrected chi connectivity index (χ3v) is 2.68. The first-order chi connectivity index (χ1) is 9.93. The lowest BCUT2D eigenvalue weighted by Gasteiger charge is -2.14. The Morgan fingerprint density at radius 3 is 2.71 bits per heavy atom. The number of aryl methyl sites for hydroxylation is 1. The summed E-state index contributed by atoms with van der Waals surface area (Å²) in [6, 6.07) is -1.85. The van der Waals surface area contributed by atoms with Crippen molar-refractivity contribution in [3.8, 4) is 0 Å². The number of hydrogen-bond donors (Lipinski definition) is 3. The van der Waals surface area contributed by atoms with Gasteiger partial charge in [0.1, 0.15) is 12.4 Å². The molecule has 1 aromatic heterocycles. The van der Waals surface area contributed by atoms with E-state index in [0.29, 0.717) is 5.82 Å². The summed E-state index contributed by atoms with van der Waals surface area (Å²) in [4.78, 5) is 33.6. The van der Waals surface area contributed by atoms with Crippen molar-refractivity contribution in [1.82, 2.24) is 25.4 Å². The van der Waals surface area contributed by atoms with Crippen LogP contribution in [-0.2, 0) is 27.9 Å². The Bertz CT molecular complexity index is 515. The van der Waals surface area contributed by atoms with Crippen molar-refractivity contribution in [2.45, 2.75) is 25.4 Å². The number of aromatic nitrogens is 3. The topological polar surface area (TPSA) is 135 Å². The average Bonchev–Trinajstić information content (AvgIpc) is 2.85. The SMILES string of the molecule is COC(=O)CC[C@H](NC(=O)NCc1nncn1C)C(=O)O. The van der Waals surface area contributed by atoms with Gasteiger partial charge in [-0.1, -0.05) is 0 Å². The summed E-state index contributed by atoms with van der Waals surface area (Å²) >= 11 is 0. The van der Waals surface area contributed by atoms with E-state index in [1.165, 1.54) is 13.4 Å². The lowest BCUT2D eigenvalue weighted by Crippen LogP contribution is -2.46. The summed E-state index contributed by atoms with van der Waals surface area (Å²) in [7, 11) is 2.92. The van der Waals surface area contributed by atoms with Crippen LogP contribution in [0.2, 0.25) is 0 Å². The number of nitrogens with one attached hydrogen (secondary N) is 2. The number of carbonyl (C=O) groups is 3. The first-order valence-electron chi connectivity index (χ1n) is 6.11. The van der Waals surface area contributed by atoms with E-state index < -0.39 is 24.0 Å². The summed E-state index contributed by atoms with van der Waals surface area (Å²) in [5.74, 6) is -1.25. The van der Waals surface area contributed by atoms with Gasteiger partial charge in [-0.05, 0) is 6.42 Å². The van der Waals surface area contributed by atoms with E-state index in [-0.39, 0.29) is 19.4 Å². The molecule has 0 aromatic carbocycles. The van der Waals surface area contributed by atoms with Crippen LogP contribution in [-0.4, -0.2) is 51.0 Å². The zero-order chi connectivity index (χ0) is 15.8. The van der Waals surface area contributed by atoms with Gasteiger partial charge < -0.3 is 25.0 Å². The highest BCUT2D eigenvalue weighted by Crippen LogP contribution is 2.00. The van der Waals surface area contributed by atoms with Crippen molar-refractivity contribution >= 4 is 18.0 Å². The zero-order valence-electron chi connectivity index (χ0n) is 11.7. The number of rotatable bonds is 7. The second kappa shape index (κ2) is 7.82. The zero-order valence-corrected chi connectivity index (χ0v) is 11.7. The number of carboxylic acid groups (broad SMARTS) is 1. The Labute approximate surface area is 120 Å². The number of aliphatic carboxylic acids is 1. The molecule has 0 saturated heterocycles. The Balaban J connectivity index is 2.43. The first kappa shape index (κ1) is 16.4. The molecule has 1 atom stereocenters. The highest BCUT2D eigenvalue weighted by Gasteiger charge is 2.21. The second-order valence-corrected chi connectivity index (χ2v) is 4.19. The maximum Gasteiger partial charge on any atom is 0.326 e. The highest BCUT2D eigenvalue weighted by atomic mass is 16.5. The molecule has 0 saturated carbocycles. The minimum Gasteiger partial charge on any atom is -0.480 e. The van der Waals surface area contributed by atoms with Gasteiger partial charge in [-0.3, -0.25) is 4.79 Å². The largest absolute Gasteiger partial charge is 0.480 e. The van der Waals surface area contributed by atoms with Crippen LogP contribution in [0.4, 0.5) is 4.79 Å². The van der Waals surface area contributed by atoms with Gasteiger partial charge in [-0.2, -0.15) is 0 Å². The number of urea groups is 1. The van der Waals surface area contributed by atoms with Crippen molar-refractivity contribution < 1.29 is 24.2 Å². The number of nitrogens with zero attached hydrogens (tertiary/aromatic N) is 3. The summed E-state index contributed by atoms with van der Waals surface area (Å²) in [6.45, 7) is 0.103. The molecule has 0 radical (unpaired) electrons. The minimum atomic E-state index is -1.23. The molecule has 0 aliphatic heterocycles. The Kier molecular flexibility index (Phi) is 6.11. The van der Waals surface area contributed by atoms with Gasteiger partial charge in [0.05, 0.1) is 13.7 Å². The fraction of sp³-hybridized carbons (Fsp3) is 0.545. The predicted molar refractivity (Wildman–Crippen MR) is 69.0 cm³/mol. The quantitative estimate of drug-likeness (QED) is 0.550. The van der Waals surface area contributed by atoms with Crippen molar-refractivity contribution in [1.29, 1.82) is 0 Å². The number of esters is 1. The molecule has 0 aliphatic carbocycles. The van der Waals surface area contributed by atoms with E-state index in [4.69, 9.17) is 5.11 Å². The van der Waals surface area contributed by atoms with Gasteiger partial charge >= 0.3 is 18.0 Å². The van der Waals surface area contributed by atoms with E-state index in [0.717, 1.165) is 0 Å². The van der Waals surface area contributed by atoms with Crippen LogP contribution in [0.3, 0.4) is 0 Å². The molecule has 0 bridgehead atoms. The van der Waals surface area contributed by atoms with E-state index >= 15 is 0 Å². The second-order valence-electron chi connectivity index (χ2n) is 4.19. The normalized spacial score (nSPS) is 11.5. The Hall–Kier alpha value is -2.65. The average molecular weight is 299 g/mol. The van der Waals surface area contributed by atoms with Crippen molar-refractivity contribution in [3.63, 3.8) is 0 Å². The Morgan fingerprint density at radius 2 is 2.19 bits per heavy atom. The van der Waals surface area contributed by atoms with E-state index in [1.54, 1.807) is 11.6 Å². The van der Waals surface area contributed by atoms with Gasteiger partial charge in [0, 0.05) is 13.5 Å². The highest BCUT2D eigenvalue weighted by molar-refractivity contribution is 5.83. The fourth-order valence-electron chi connectivity index (χ4n) is 1.46. The van der Waals surface area contributed by atoms with Gasteiger partial charge in [-0.25, -0.2) is 9.59 Å². The number of hydrogen-bond acceptors (Lipinski definition) is 6. The molecule has 1 rings (SSSR count). The van der Waals surface area contributed by atoms with Crippen molar-refractivity contribution in [3.05, 3.63) is 12.2 Å². The molecular weight excluding hydrogens is 282 g/mol. The first-order valence-corrected chi connectivity index (χ1v) is 6.11.